The Kier molecular flexibility index (Phi) is 4.90. The molecule has 0 bridgehead atoms. The van der Waals surface area contributed by atoms with E-state index in [-0.39, 0.29) is 5.91 Å². The zero-order valence-corrected chi connectivity index (χ0v) is 13.8. The number of likely N-dealkylation sites (N-methyl/N-ethyl adjacent to an activating group) is 1. The minimum absolute atomic E-state index is 0.227. The Morgan fingerprint density at radius 1 is 1.27 bits per heavy atom. The number of nitrogens with zero attached hydrogens (tertiary/aromatic N) is 2. The van der Waals surface area contributed by atoms with Gasteiger partial charge >= 0.3 is 0 Å². The third-order valence-electron chi connectivity index (χ3n) is 4.20. The number of carbonyl (C=O) groups excluding carboxylic acids is 1. The second-order valence-corrected chi connectivity index (χ2v) is 6.72. The average Bonchev–Trinajstić information content (AvgIpc) is 3.01. The Bertz CT molecular complexity index is 623. The van der Waals surface area contributed by atoms with Crippen LogP contribution < -0.4 is 0 Å². The van der Waals surface area contributed by atoms with E-state index < -0.39 is 0 Å². The topological polar surface area (TPSA) is 23.6 Å². The van der Waals surface area contributed by atoms with Crippen molar-refractivity contribution in [2.45, 2.75) is 26.4 Å². The Hall–Kier alpha value is -1.65. The minimum atomic E-state index is 0.227. The molecular weight excluding hydrogens is 292 g/mol. The molecule has 0 saturated heterocycles. The summed E-state index contributed by atoms with van der Waals surface area (Å²) in [6.07, 6.45) is 1.07. The Morgan fingerprint density at radius 3 is 2.86 bits per heavy atom. The lowest BCUT2D eigenvalue weighted by Crippen LogP contribution is -2.41. The number of benzene rings is 1. The van der Waals surface area contributed by atoms with Gasteiger partial charge in [0.15, 0.2) is 0 Å². The fourth-order valence-electron chi connectivity index (χ4n) is 2.91. The van der Waals surface area contributed by atoms with Gasteiger partial charge in [-0.3, -0.25) is 9.69 Å². The third-order valence-corrected chi connectivity index (χ3v) is 5.22. The zero-order valence-electron chi connectivity index (χ0n) is 13.0. The minimum Gasteiger partial charge on any atom is -0.338 e. The summed E-state index contributed by atoms with van der Waals surface area (Å²) in [5.41, 5.74) is 2.59. The van der Waals surface area contributed by atoms with E-state index in [9.17, 15) is 4.79 Å². The van der Waals surface area contributed by atoms with Gasteiger partial charge in [-0.25, -0.2) is 0 Å². The second kappa shape index (κ2) is 7.07. The van der Waals surface area contributed by atoms with Crippen molar-refractivity contribution in [3.8, 4) is 0 Å². The summed E-state index contributed by atoms with van der Waals surface area (Å²) in [5.74, 6) is 0.227. The van der Waals surface area contributed by atoms with E-state index in [1.165, 1.54) is 16.0 Å². The Morgan fingerprint density at radius 2 is 2.09 bits per heavy atom. The molecule has 3 nitrogen and oxygen atoms in total. The first-order chi connectivity index (χ1) is 10.8. The fraction of sp³-hybridized carbons (Fsp3) is 0.389. The second-order valence-electron chi connectivity index (χ2n) is 5.72. The Labute approximate surface area is 136 Å². The van der Waals surface area contributed by atoms with Crippen LogP contribution in [0.5, 0.6) is 0 Å². The van der Waals surface area contributed by atoms with Crippen LogP contribution in [0.3, 0.4) is 0 Å². The SMILES string of the molecule is CCN(Cc1ccccc1)C(=O)CN1CCc2sccc2C1. The molecule has 0 saturated carbocycles. The van der Waals surface area contributed by atoms with Gasteiger partial charge in [0.05, 0.1) is 6.54 Å². The van der Waals surface area contributed by atoms with Crippen LogP contribution in [0.2, 0.25) is 0 Å². The molecule has 0 radical (unpaired) electrons. The largest absolute Gasteiger partial charge is 0.338 e. The summed E-state index contributed by atoms with van der Waals surface area (Å²) < 4.78 is 0. The molecule has 4 heteroatoms. The van der Waals surface area contributed by atoms with Gasteiger partial charge < -0.3 is 4.90 Å². The number of hydrogen-bond donors (Lipinski definition) is 0. The summed E-state index contributed by atoms with van der Waals surface area (Å²) in [4.78, 5) is 18.3. The van der Waals surface area contributed by atoms with Crippen molar-refractivity contribution in [1.82, 2.24) is 9.80 Å². The van der Waals surface area contributed by atoms with E-state index >= 15 is 0 Å². The summed E-state index contributed by atoms with van der Waals surface area (Å²) in [6.45, 7) is 5.93. The van der Waals surface area contributed by atoms with Crippen LogP contribution in [-0.4, -0.2) is 35.3 Å². The van der Waals surface area contributed by atoms with E-state index in [0.717, 1.165) is 26.1 Å². The van der Waals surface area contributed by atoms with E-state index in [2.05, 4.69) is 28.5 Å². The molecule has 1 aromatic carbocycles. The normalized spacial score (nSPS) is 14.6. The number of rotatable bonds is 5. The molecule has 1 aliphatic rings. The van der Waals surface area contributed by atoms with E-state index in [4.69, 9.17) is 0 Å². The molecule has 0 N–H and O–H groups in total. The molecule has 116 valence electrons. The van der Waals surface area contributed by atoms with Gasteiger partial charge in [-0.1, -0.05) is 30.3 Å². The van der Waals surface area contributed by atoms with Gasteiger partial charge in [0.1, 0.15) is 0 Å². The predicted molar refractivity (Wildman–Crippen MR) is 90.8 cm³/mol. The van der Waals surface area contributed by atoms with Gasteiger partial charge in [-0.2, -0.15) is 0 Å². The molecule has 3 rings (SSSR count). The van der Waals surface area contributed by atoms with E-state index in [1.54, 1.807) is 0 Å². The molecule has 22 heavy (non-hydrogen) atoms. The summed E-state index contributed by atoms with van der Waals surface area (Å²) in [6, 6.07) is 12.4. The highest BCUT2D eigenvalue weighted by molar-refractivity contribution is 7.10. The molecule has 0 fully saturated rings. The lowest BCUT2D eigenvalue weighted by Gasteiger charge is -2.29. The van der Waals surface area contributed by atoms with Gasteiger partial charge in [0.2, 0.25) is 5.91 Å². The van der Waals surface area contributed by atoms with Crippen LogP contribution >= 0.6 is 11.3 Å². The van der Waals surface area contributed by atoms with Gasteiger partial charge in [0.25, 0.3) is 0 Å². The number of thiophene rings is 1. The van der Waals surface area contributed by atoms with Crippen LogP contribution in [0, 0.1) is 0 Å². The van der Waals surface area contributed by atoms with E-state index in [1.807, 2.05) is 41.4 Å². The van der Waals surface area contributed by atoms with Crippen LogP contribution in [0.25, 0.3) is 0 Å². The molecule has 1 aromatic heterocycles. The maximum atomic E-state index is 12.6. The van der Waals surface area contributed by atoms with Crippen LogP contribution in [0.15, 0.2) is 41.8 Å². The van der Waals surface area contributed by atoms with Crippen LogP contribution in [0.1, 0.15) is 22.9 Å². The average molecular weight is 314 g/mol. The van der Waals surface area contributed by atoms with Crippen LogP contribution in [-0.2, 0) is 24.3 Å². The highest BCUT2D eigenvalue weighted by Crippen LogP contribution is 2.23. The first kappa shape index (κ1) is 15.3. The summed E-state index contributed by atoms with van der Waals surface area (Å²) in [5, 5.41) is 2.16. The molecule has 1 aliphatic heterocycles. The molecule has 2 aromatic rings. The maximum Gasteiger partial charge on any atom is 0.237 e. The number of carbonyl (C=O) groups is 1. The maximum absolute atomic E-state index is 12.6. The first-order valence-corrected chi connectivity index (χ1v) is 8.73. The van der Waals surface area contributed by atoms with Crippen molar-refractivity contribution in [3.05, 3.63) is 57.8 Å². The molecule has 0 unspecified atom stereocenters. The van der Waals surface area contributed by atoms with Crippen molar-refractivity contribution in [2.75, 3.05) is 19.6 Å². The van der Waals surface area contributed by atoms with Crippen molar-refractivity contribution < 1.29 is 4.79 Å². The molecule has 0 aliphatic carbocycles. The summed E-state index contributed by atoms with van der Waals surface area (Å²) in [7, 11) is 0. The van der Waals surface area contributed by atoms with Gasteiger partial charge in [-0.05, 0) is 35.9 Å². The molecule has 0 atom stereocenters. The highest BCUT2D eigenvalue weighted by Gasteiger charge is 2.21. The lowest BCUT2D eigenvalue weighted by molar-refractivity contribution is -0.133. The molecular formula is C18H22N2OS. The van der Waals surface area contributed by atoms with Crippen molar-refractivity contribution in [3.63, 3.8) is 0 Å². The summed E-state index contributed by atoms with van der Waals surface area (Å²) >= 11 is 1.84. The van der Waals surface area contributed by atoms with Gasteiger partial charge in [-0.15, -0.1) is 11.3 Å². The Balaban J connectivity index is 1.58. The predicted octanol–water partition coefficient (Wildman–Crippen LogP) is 3.15. The number of hydrogen-bond acceptors (Lipinski definition) is 3. The molecule has 0 spiro atoms. The monoisotopic (exact) mass is 314 g/mol. The third kappa shape index (κ3) is 3.57. The van der Waals surface area contributed by atoms with Crippen molar-refractivity contribution in [2.24, 2.45) is 0 Å². The fourth-order valence-corrected chi connectivity index (χ4v) is 3.80. The number of fused-ring (bicyclic) bond motifs is 1. The number of amides is 1. The van der Waals surface area contributed by atoms with E-state index in [0.29, 0.717) is 13.1 Å². The smallest absolute Gasteiger partial charge is 0.237 e. The quantitative estimate of drug-likeness (QED) is 0.846. The van der Waals surface area contributed by atoms with Crippen molar-refractivity contribution in [1.29, 1.82) is 0 Å². The highest BCUT2D eigenvalue weighted by atomic mass is 32.1. The standard InChI is InChI=1S/C18H22N2OS/c1-2-20(12-15-6-4-3-5-7-15)18(21)14-19-10-8-17-16(13-19)9-11-22-17/h3-7,9,11H,2,8,10,12-14H2,1H3. The van der Waals surface area contributed by atoms with Crippen LogP contribution in [0.4, 0.5) is 0 Å². The molecule has 2 heterocycles. The lowest BCUT2D eigenvalue weighted by atomic mass is 10.1. The van der Waals surface area contributed by atoms with Gasteiger partial charge in [0, 0.05) is 31.1 Å². The molecule has 1 amide bonds. The first-order valence-electron chi connectivity index (χ1n) is 7.85. The zero-order chi connectivity index (χ0) is 15.4. The van der Waals surface area contributed by atoms with Crippen molar-refractivity contribution >= 4 is 17.2 Å².